The molecule has 2 atom stereocenters. The zero-order valence-corrected chi connectivity index (χ0v) is 20.6. The minimum atomic E-state index is -0.355. The topological polar surface area (TPSA) is 46.1 Å². The van der Waals surface area contributed by atoms with Crippen molar-refractivity contribution in [3.05, 3.63) is 86.4 Å². The summed E-state index contributed by atoms with van der Waals surface area (Å²) in [7, 11) is 1.69. The van der Waals surface area contributed by atoms with Crippen LogP contribution in [-0.4, -0.2) is 9.82 Å². The van der Waals surface area contributed by atoms with E-state index in [2.05, 4.69) is 22.2 Å². The van der Waals surface area contributed by atoms with Crippen molar-refractivity contribution in [1.29, 1.82) is 0 Å². The molecule has 0 radical (unpaired) electrons. The molecule has 1 heterocycles. The number of benzene rings is 2. The Labute approximate surface area is 198 Å². The molecule has 3 aromatic rings. The predicted molar refractivity (Wildman–Crippen MR) is 136 cm³/mol. The third kappa shape index (κ3) is 5.48. The van der Waals surface area contributed by atoms with E-state index in [1.54, 1.807) is 32.0 Å². The summed E-state index contributed by atoms with van der Waals surface area (Å²) in [6.45, 7) is 7.62. The zero-order valence-electron chi connectivity index (χ0n) is 19.0. The third-order valence-electron chi connectivity index (χ3n) is 5.32. The fourth-order valence-electron chi connectivity index (χ4n) is 3.47. The first-order valence-corrected chi connectivity index (χ1v) is 12.0. The van der Waals surface area contributed by atoms with Crippen LogP contribution in [0.4, 0.5) is 21.6 Å². The van der Waals surface area contributed by atoms with Crippen molar-refractivity contribution in [2.24, 2.45) is 7.05 Å². The number of rotatable bonds is 6. The van der Waals surface area contributed by atoms with Gasteiger partial charge in [-0.3, -0.25) is 9.36 Å². The van der Waals surface area contributed by atoms with Gasteiger partial charge in [0.1, 0.15) is 11.6 Å². The molecule has 1 saturated carbocycles. The molecule has 0 aliphatic heterocycles. The standard InChI is InChI=1S/C23H23ClFN3OS.C2H6/c1-13-4-9-19(18(25)10-13)26-22-20(11-14(2)23(29)28(22)3)27-30-21-12-17(21)15-5-7-16(24)8-6-15;1-2/h4-11,17,21,26-27H,12H2,1-3H3;1-2H3. The highest BCUT2D eigenvalue weighted by Gasteiger charge is 2.39. The van der Waals surface area contributed by atoms with Crippen molar-refractivity contribution in [1.82, 2.24) is 4.57 Å². The van der Waals surface area contributed by atoms with Crippen LogP contribution in [0.1, 0.15) is 42.9 Å². The molecule has 1 aliphatic rings. The summed E-state index contributed by atoms with van der Waals surface area (Å²) in [4.78, 5) is 12.5. The summed E-state index contributed by atoms with van der Waals surface area (Å²) in [6, 6.07) is 14.8. The predicted octanol–water partition coefficient (Wildman–Crippen LogP) is 7.18. The van der Waals surface area contributed by atoms with Crippen LogP contribution in [0.5, 0.6) is 0 Å². The Balaban J connectivity index is 0.00000141. The van der Waals surface area contributed by atoms with Crippen molar-refractivity contribution in [2.45, 2.75) is 45.3 Å². The Kier molecular flexibility index (Phi) is 7.91. The van der Waals surface area contributed by atoms with Crippen LogP contribution in [0.25, 0.3) is 0 Å². The van der Waals surface area contributed by atoms with E-state index in [0.717, 1.165) is 22.7 Å². The number of anilines is 3. The van der Waals surface area contributed by atoms with Crippen LogP contribution in [0, 0.1) is 19.7 Å². The minimum absolute atomic E-state index is 0.119. The summed E-state index contributed by atoms with van der Waals surface area (Å²) < 4.78 is 19.3. The van der Waals surface area contributed by atoms with Gasteiger partial charge in [0.05, 0.1) is 11.4 Å². The van der Waals surface area contributed by atoms with Gasteiger partial charge in [0.25, 0.3) is 5.56 Å². The quantitative estimate of drug-likeness (QED) is 0.372. The monoisotopic (exact) mass is 473 g/mol. The Morgan fingerprint density at radius 2 is 1.75 bits per heavy atom. The lowest BCUT2D eigenvalue weighted by molar-refractivity contribution is 0.630. The third-order valence-corrected chi connectivity index (χ3v) is 6.73. The van der Waals surface area contributed by atoms with E-state index >= 15 is 0 Å². The van der Waals surface area contributed by atoms with Crippen LogP contribution in [-0.2, 0) is 7.05 Å². The molecular weight excluding hydrogens is 445 g/mol. The molecule has 0 spiro atoms. The first-order chi connectivity index (χ1) is 15.3. The lowest BCUT2D eigenvalue weighted by atomic mass is 10.1. The van der Waals surface area contributed by atoms with Crippen molar-refractivity contribution >= 4 is 40.7 Å². The molecule has 32 heavy (non-hydrogen) atoms. The maximum absolute atomic E-state index is 14.4. The molecule has 4 rings (SSSR count). The van der Waals surface area contributed by atoms with E-state index in [1.807, 2.05) is 45.0 Å². The number of nitrogens with one attached hydrogen (secondary N) is 2. The van der Waals surface area contributed by atoms with Crippen molar-refractivity contribution in [3.63, 3.8) is 0 Å². The number of aryl methyl sites for hydroxylation is 2. The summed E-state index contributed by atoms with van der Waals surface area (Å²) in [5.74, 6) is 0.649. The van der Waals surface area contributed by atoms with Crippen LogP contribution < -0.4 is 15.6 Å². The van der Waals surface area contributed by atoms with Gasteiger partial charge in [0.2, 0.25) is 0 Å². The van der Waals surface area contributed by atoms with E-state index in [9.17, 15) is 9.18 Å². The van der Waals surface area contributed by atoms with E-state index in [1.165, 1.54) is 16.2 Å². The SMILES string of the molecule is CC.Cc1ccc(Nc2c(NSC3CC3c3ccc(Cl)cc3)cc(C)c(=O)n2C)c(F)c1. The first kappa shape index (κ1) is 24.2. The maximum atomic E-state index is 14.4. The van der Waals surface area contributed by atoms with Gasteiger partial charge in [-0.1, -0.05) is 43.6 Å². The average molecular weight is 474 g/mol. The number of nitrogens with zero attached hydrogens (tertiary/aromatic N) is 1. The van der Waals surface area contributed by atoms with Crippen LogP contribution in [0.15, 0.2) is 53.3 Å². The van der Waals surface area contributed by atoms with Crippen LogP contribution in [0.2, 0.25) is 5.02 Å². The summed E-state index contributed by atoms with van der Waals surface area (Å²) in [5, 5.41) is 4.26. The van der Waals surface area contributed by atoms with E-state index in [-0.39, 0.29) is 11.4 Å². The molecule has 2 unspecified atom stereocenters. The molecule has 2 aromatic carbocycles. The van der Waals surface area contributed by atoms with Crippen molar-refractivity contribution in [2.75, 3.05) is 10.0 Å². The molecule has 1 fully saturated rings. The lowest BCUT2D eigenvalue weighted by Crippen LogP contribution is -2.22. The van der Waals surface area contributed by atoms with E-state index < -0.39 is 0 Å². The lowest BCUT2D eigenvalue weighted by Gasteiger charge is -2.18. The minimum Gasteiger partial charge on any atom is -0.337 e. The fraction of sp³-hybridized carbons (Fsp3) is 0.320. The molecule has 7 heteroatoms. The van der Waals surface area contributed by atoms with E-state index in [0.29, 0.717) is 28.2 Å². The number of pyridine rings is 1. The molecule has 1 aliphatic carbocycles. The zero-order chi connectivity index (χ0) is 23.4. The van der Waals surface area contributed by atoms with Gasteiger partial charge in [-0.25, -0.2) is 4.39 Å². The normalized spacial score (nSPS) is 16.7. The summed E-state index contributed by atoms with van der Waals surface area (Å²) >= 11 is 7.61. The van der Waals surface area contributed by atoms with Crippen LogP contribution >= 0.6 is 23.5 Å². The van der Waals surface area contributed by atoms with Crippen molar-refractivity contribution < 1.29 is 4.39 Å². The molecule has 0 amide bonds. The number of hydrogen-bond acceptors (Lipinski definition) is 4. The summed E-state index contributed by atoms with van der Waals surface area (Å²) in [5.41, 5.74) is 3.70. The van der Waals surface area contributed by atoms with Crippen LogP contribution in [0.3, 0.4) is 0 Å². The highest BCUT2D eigenvalue weighted by Crippen LogP contribution is 2.49. The van der Waals surface area contributed by atoms with Crippen molar-refractivity contribution in [3.8, 4) is 0 Å². The van der Waals surface area contributed by atoms with Gasteiger partial charge in [-0.15, -0.1) is 0 Å². The first-order valence-electron chi connectivity index (χ1n) is 10.7. The van der Waals surface area contributed by atoms with Gasteiger partial charge < -0.3 is 10.0 Å². The van der Waals surface area contributed by atoms with Gasteiger partial charge in [-0.2, -0.15) is 0 Å². The molecule has 0 saturated heterocycles. The second kappa shape index (κ2) is 10.5. The van der Waals surface area contributed by atoms with E-state index in [4.69, 9.17) is 11.6 Å². The molecular formula is C25H29ClFN3OS. The van der Waals surface area contributed by atoms with Gasteiger partial charge in [0.15, 0.2) is 0 Å². The Bertz CT molecular complexity index is 1150. The second-order valence-corrected chi connectivity index (χ2v) is 9.20. The molecule has 0 bridgehead atoms. The largest absolute Gasteiger partial charge is 0.337 e. The highest BCUT2D eigenvalue weighted by atomic mass is 35.5. The number of halogens is 2. The molecule has 2 N–H and O–H groups in total. The fourth-order valence-corrected chi connectivity index (χ4v) is 4.66. The number of hydrogen-bond donors (Lipinski definition) is 2. The van der Waals surface area contributed by atoms with Gasteiger partial charge in [-0.05, 0) is 79.6 Å². The molecule has 4 nitrogen and oxygen atoms in total. The molecule has 170 valence electrons. The van der Waals surface area contributed by atoms with Gasteiger partial charge >= 0.3 is 0 Å². The summed E-state index contributed by atoms with van der Waals surface area (Å²) in [6.07, 6.45) is 1.07. The number of aromatic nitrogens is 1. The highest BCUT2D eigenvalue weighted by molar-refractivity contribution is 8.01. The average Bonchev–Trinajstić information content (AvgIpc) is 3.56. The Hall–Kier alpha value is -2.44. The second-order valence-electron chi connectivity index (χ2n) is 7.71. The van der Waals surface area contributed by atoms with Gasteiger partial charge in [0, 0.05) is 22.9 Å². The molecule has 1 aromatic heterocycles. The maximum Gasteiger partial charge on any atom is 0.254 e. The smallest absolute Gasteiger partial charge is 0.254 e. The Morgan fingerprint density at radius 1 is 1.06 bits per heavy atom. The Morgan fingerprint density at radius 3 is 2.41 bits per heavy atom.